The van der Waals surface area contributed by atoms with Crippen LogP contribution in [-0.4, -0.2) is 49.1 Å². The Morgan fingerprint density at radius 2 is 1.96 bits per heavy atom. The number of amides is 1. The first kappa shape index (κ1) is 23.0. The summed E-state index contributed by atoms with van der Waals surface area (Å²) < 4.78 is 0. The molecule has 0 aromatic carbocycles. The second kappa shape index (κ2) is 9.25. The molecule has 0 aromatic rings. The van der Waals surface area contributed by atoms with Crippen LogP contribution in [-0.2, 0) is 4.79 Å². The van der Waals surface area contributed by atoms with E-state index in [4.69, 9.17) is 0 Å². The lowest BCUT2D eigenvalue weighted by Crippen LogP contribution is -2.55. The summed E-state index contributed by atoms with van der Waals surface area (Å²) >= 11 is 0. The molecule has 2 saturated heterocycles. The highest BCUT2D eigenvalue weighted by atomic mass is 35.5. The summed E-state index contributed by atoms with van der Waals surface area (Å²) in [6.45, 7) is 12.2. The van der Waals surface area contributed by atoms with Crippen LogP contribution in [0.25, 0.3) is 0 Å². The molecule has 3 rings (SSSR count). The van der Waals surface area contributed by atoms with Crippen LogP contribution in [0.15, 0.2) is 0 Å². The fraction of sp³-hybridized carbons (Fsp3) is 0.947. The monoisotopic (exact) mass is 393 g/mol. The zero-order valence-electron chi connectivity index (χ0n) is 16.1. The van der Waals surface area contributed by atoms with Gasteiger partial charge >= 0.3 is 0 Å². The molecule has 4 nitrogen and oxygen atoms in total. The number of carbonyl (C=O) groups excluding carboxylic acids is 1. The van der Waals surface area contributed by atoms with Crippen molar-refractivity contribution in [1.29, 1.82) is 0 Å². The molecular weight excluding hydrogens is 357 g/mol. The van der Waals surface area contributed by atoms with Crippen molar-refractivity contribution in [2.45, 2.75) is 64.8 Å². The lowest BCUT2D eigenvalue weighted by molar-refractivity contribution is -0.124. The molecule has 3 aliphatic rings. The molecule has 1 spiro atoms. The van der Waals surface area contributed by atoms with Gasteiger partial charge in [-0.05, 0) is 76.9 Å². The van der Waals surface area contributed by atoms with Gasteiger partial charge < -0.3 is 10.6 Å². The highest BCUT2D eigenvalue weighted by molar-refractivity contribution is 5.85. The third kappa shape index (κ3) is 5.24. The van der Waals surface area contributed by atoms with Crippen molar-refractivity contribution in [1.82, 2.24) is 15.5 Å². The number of nitrogens with one attached hydrogen (secondary N) is 2. The lowest BCUT2D eigenvalue weighted by Gasteiger charge is -2.43. The average molecular weight is 394 g/mol. The van der Waals surface area contributed by atoms with Crippen LogP contribution in [0.2, 0.25) is 0 Å². The van der Waals surface area contributed by atoms with Crippen molar-refractivity contribution in [2.75, 3.05) is 32.7 Å². The first-order chi connectivity index (χ1) is 11.0. The maximum Gasteiger partial charge on any atom is 0.223 e. The van der Waals surface area contributed by atoms with Gasteiger partial charge in [-0.2, -0.15) is 0 Å². The van der Waals surface area contributed by atoms with E-state index >= 15 is 0 Å². The Labute approximate surface area is 166 Å². The summed E-state index contributed by atoms with van der Waals surface area (Å²) in [5.41, 5.74) is 0.414. The first-order valence-corrected chi connectivity index (χ1v) is 9.70. The Hall–Kier alpha value is -0.0300. The molecule has 2 atom stereocenters. The van der Waals surface area contributed by atoms with Crippen LogP contribution in [0.5, 0.6) is 0 Å². The molecule has 0 radical (unpaired) electrons. The molecular formula is C19H37Cl2N3O. The van der Waals surface area contributed by atoms with Gasteiger partial charge in [0.1, 0.15) is 0 Å². The molecule has 1 saturated carbocycles. The molecule has 2 aliphatic heterocycles. The molecule has 2 unspecified atom stereocenters. The normalized spacial score (nSPS) is 28.6. The molecule has 1 amide bonds. The van der Waals surface area contributed by atoms with E-state index in [1.807, 2.05) is 0 Å². The molecule has 6 heteroatoms. The van der Waals surface area contributed by atoms with Gasteiger partial charge in [0.05, 0.1) is 0 Å². The van der Waals surface area contributed by atoms with E-state index in [1.54, 1.807) is 0 Å². The van der Waals surface area contributed by atoms with Gasteiger partial charge in [-0.3, -0.25) is 9.69 Å². The van der Waals surface area contributed by atoms with Crippen molar-refractivity contribution in [2.24, 2.45) is 17.3 Å². The van der Waals surface area contributed by atoms with Crippen LogP contribution >= 0.6 is 24.8 Å². The number of nitrogens with zero attached hydrogens (tertiary/aromatic N) is 1. The molecule has 3 fully saturated rings. The second-order valence-corrected chi connectivity index (χ2v) is 8.76. The molecule has 2 heterocycles. The van der Waals surface area contributed by atoms with Gasteiger partial charge in [0.25, 0.3) is 0 Å². The van der Waals surface area contributed by atoms with Crippen LogP contribution in [0.4, 0.5) is 0 Å². The number of piperidine rings is 2. The largest absolute Gasteiger partial charge is 0.354 e. The minimum absolute atomic E-state index is 0. The minimum Gasteiger partial charge on any atom is -0.354 e. The highest BCUT2D eigenvalue weighted by Crippen LogP contribution is 2.58. The molecule has 0 bridgehead atoms. The smallest absolute Gasteiger partial charge is 0.223 e. The van der Waals surface area contributed by atoms with Crippen molar-refractivity contribution in [3.8, 4) is 0 Å². The van der Waals surface area contributed by atoms with Crippen LogP contribution in [0.3, 0.4) is 0 Å². The Balaban J connectivity index is 0.00000156. The third-order valence-corrected chi connectivity index (χ3v) is 6.75. The number of hydrogen-bond acceptors (Lipinski definition) is 3. The standard InChI is InChI=1S/C19H35N3O.2ClH/c1-4-15-6-5-11-22(13-15)18(2,3)14-21-17(23)16-12-19(16)7-9-20-10-8-19;;/h15-16,20H,4-14H2,1-3H3,(H,21,23);2*1H. The van der Waals surface area contributed by atoms with Gasteiger partial charge in [-0.1, -0.05) is 13.3 Å². The fourth-order valence-electron chi connectivity index (χ4n) is 4.68. The molecule has 148 valence electrons. The van der Waals surface area contributed by atoms with Crippen molar-refractivity contribution >= 4 is 30.7 Å². The van der Waals surface area contributed by atoms with E-state index in [9.17, 15) is 4.79 Å². The lowest BCUT2D eigenvalue weighted by atomic mass is 9.90. The van der Waals surface area contributed by atoms with Crippen LogP contribution in [0, 0.1) is 17.3 Å². The highest BCUT2D eigenvalue weighted by Gasteiger charge is 2.57. The topological polar surface area (TPSA) is 44.4 Å². The summed E-state index contributed by atoms with van der Waals surface area (Å²) in [5, 5.41) is 6.70. The van der Waals surface area contributed by atoms with Crippen LogP contribution < -0.4 is 10.6 Å². The SMILES string of the molecule is CCC1CCCN(C(C)(C)CNC(=O)C2CC23CCNCC3)C1.Cl.Cl. The first-order valence-electron chi connectivity index (χ1n) is 9.70. The zero-order chi connectivity index (χ0) is 16.5. The predicted molar refractivity (Wildman–Crippen MR) is 109 cm³/mol. The van der Waals surface area contributed by atoms with Gasteiger partial charge in [-0.25, -0.2) is 0 Å². The number of halogens is 2. The maximum absolute atomic E-state index is 12.6. The number of carbonyl (C=O) groups is 1. The zero-order valence-corrected chi connectivity index (χ0v) is 17.7. The van der Waals surface area contributed by atoms with E-state index in [1.165, 1.54) is 45.2 Å². The summed E-state index contributed by atoms with van der Waals surface area (Å²) in [4.78, 5) is 15.2. The van der Waals surface area contributed by atoms with E-state index < -0.39 is 0 Å². The molecule has 0 aromatic heterocycles. The average Bonchev–Trinajstić information content (AvgIpc) is 3.26. The number of likely N-dealkylation sites (tertiary alicyclic amines) is 1. The second-order valence-electron chi connectivity index (χ2n) is 8.76. The van der Waals surface area contributed by atoms with Gasteiger partial charge in [0.2, 0.25) is 5.91 Å². The van der Waals surface area contributed by atoms with Gasteiger partial charge in [0, 0.05) is 24.5 Å². The van der Waals surface area contributed by atoms with Gasteiger partial charge in [0.15, 0.2) is 0 Å². The Morgan fingerprint density at radius 1 is 1.28 bits per heavy atom. The van der Waals surface area contributed by atoms with Crippen molar-refractivity contribution in [3.05, 3.63) is 0 Å². The summed E-state index contributed by atoms with van der Waals surface area (Å²) in [6.07, 6.45) is 7.42. The maximum atomic E-state index is 12.6. The summed E-state index contributed by atoms with van der Waals surface area (Å²) in [6, 6.07) is 0. The van der Waals surface area contributed by atoms with E-state index in [0.717, 1.165) is 32.0 Å². The predicted octanol–water partition coefficient (Wildman–Crippen LogP) is 3.24. The molecule has 25 heavy (non-hydrogen) atoms. The Kier molecular flexibility index (Phi) is 8.52. The number of hydrogen-bond donors (Lipinski definition) is 2. The summed E-state index contributed by atoms with van der Waals surface area (Å²) in [7, 11) is 0. The molecule has 1 aliphatic carbocycles. The fourth-order valence-corrected chi connectivity index (χ4v) is 4.68. The third-order valence-electron chi connectivity index (χ3n) is 6.75. The minimum atomic E-state index is 0. The summed E-state index contributed by atoms with van der Waals surface area (Å²) in [5.74, 6) is 1.43. The van der Waals surface area contributed by atoms with Crippen molar-refractivity contribution < 1.29 is 4.79 Å². The van der Waals surface area contributed by atoms with Gasteiger partial charge in [-0.15, -0.1) is 24.8 Å². The Bertz CT molecular complexity index is 438. The number of rotatable bonds is 5. The Morgan fingerprint density at radius 3 is 2.60 bits per heavy atom. The van der Waals surface area contributed by atoms with Crippen LogP contribution in [0.1, 0.15) is 59.3 Å². The van der Waals surface area contributed by atoms with E-state index in [2.05, 4.69) is 36.3 Å². The quantitative estimate of drug-likeness (QED) is 0.753. The van der Waals surface area contributed by atoms with Crippen molar-refractivity contribution in [3.63, 3.8) is 0 Å². The van der Waals surface area contributed by atoms with E-state index in [0.29, 0.717) is 11.3 Å². The van der Waals surface area contributed by atoms with E-state index in [-0.39, 0.29) is 36.3 Å². The molecule has 2 N–H and O–H groups in total.